The number of sulfonamides is 1. The van der Waals surface area contributed by atoms with E-state index in [4.69, 9.17) is 0 Å². The van der Waals surface area contributed by atoms with Crippen LogP contribution in [0.4, 0.5) is 0 Å². The van der Waals surface area contributed by atoms with Crippen LogP contribution >= 0.6 is 0 Å². The summed E-state index contributed by atoms with van der Waals surface area (Å²) in [5.41, 5.74) is 2.39. The van der Waals surface area contributed by atoms with Gasteiger partial charge in [0.05, 0.1) is 17.0 Å². The van der Waals surface area contributed by atoms with Crippen molar-refractivity contribution in [2.45, 2.75) is 30.4 Å². The van der Waals surface area contributed by atoms with Gasteiger partial charge in [-0.3, -0.25) is 4.40 Å². The fraction of sp³-hybridized carbons (Fsp3) is 0.500. The number of H-pyrrole nitrogens is 1. The minimum Gasteiger partial charge on any atom is -0.345 e. The van der Waals surface area contributed by atoms with E-state index in [1.165, 1.54) is 0 Å². The van der Waals surface area contributed by atoms with E-state index in [1.54, 1.807) is 10.5 Å². The Morgan fingerprint density at radius 1 is 1.22 bits per heavy atom. The number of rotatable bonds is 3. The normalized spacial score (nSPS) is 23.2. The fourth-order valence-electron chi connectivity index (χ4n) is 3.41. The Balaban J connectivity index is 1.55. The Kier molecular flexibility index (Phi) is 2.64. The van der Waals surface area contributed by atoms with Crippen LogP contribution in [0.5, 0.6) is 0 Å². The van der Waals surface area contributed by atoms with Crippen molar-refractivity contribution in [2.24, 2.45) is 0 Å². The SMILES string of the molecule is O=S(=O)(C1CC1)N1CC[C@H](c2nnc3cnc4[nH]ccc4n23)C1. The van der Waals surface area contributed by atoms with E-state index < -0.39 is 10.0 Å². The van der Waals surface area contributed by atoms with E-state index in [9.17, 15) is 8.42 Å². The van der Waals surface area contributed by atoms with E-state index in [2.05, 4.69) is 20.2 Å². The summed E-state index contributed by atoms with van der Waals surface area (Å²) in [6.45, 7) is 1.06. The molecule has 0 unspecified atom stereocenters. The zero-order chi connectivity index (χ0) is 15.6. The van der Waals surface area contributed by atoms with E-state index >= 15 is 0 Å². The van der Waals surface area contributed by atoms with E-state index in [0.29, 0.717) is 18.7 Å². The van der Waals surface area contributed by atoms with Gasteiger partial charge in [-0.2, -0.15) is 0 Å². The van der Waals surface area contributed by atoms with Gasteiger partial charge in [0.1, 0.15) is 5.82 Å². The predicted molar refractivity (Wildman–Crippen MR) is 83.5 cm³/mol. The smallest absolute Gasteiger partial charge is 0.217 e. The van der Waals surface area contributed by atoms with Crippen LogP contribution in [0.2, 0.25) is 0 Å². The van der Waals surface area contributed by atoms with Crippen molar-refractivity contribution in [2.75, 3.05) is 13.1 Å². The van der Waals surface area contributed by atoms with Gasteiger partial charge in [0.15, 0.2) is 11.3 Å². The maximum Gasteiger partial charge on any atom is 0.217 e. The molecule has 8 nitrogen and oxygen atoms in total. The molecule has 1 saturated carbocycles. The Labute approximate surface area is 132 Å². The number of hydrogen-bond donors (Lipinski definition) is 1. The Hall–Kier alpha value is -2.00. The predicted octanol–water partition coefficient (Wildman–Crippen LogP) is 0.887. The van der Waals surface area contributed by atoms with Crippen molar-refractivity contribution in [3.8, 4) is 0 Å². The van der Waals surface area contributed by atoms with Crippen molar-refractivity contribution in [1.82, 2.24) is 28.9 Å². The average Bonchev–Trinajstić information content (AvgIpc) is 2.98. The number of aromatic nitrogens is 5. The third-order valence-electron chi connectivity index (χ3n) is 4.79. The van der Waals surface area contributed by atoms with Gasteiger partial charge in [-0.05, 0) is 25.3 Å². The summed E-state index contributed by atoms with van der Waals surface area (Å²) in [7, 11) is -3.12. The topological polar surface area (TPSA) is 96.2 Å². The summed E-state index contributed by atoms with van der Waals surface area (Å²) < 4.78 is 28.4. The minimum absolute atomic E-state index is 0.0685. The first-order valence-electron chi connectivity index (χ1n) is 7.80. The zero-order valence-electron chi connectivity index (χ0n) is 12.4. The summed E-state index contributed by atoms with van der Waals surface area (Å²) in [6, 6.07) is 1.94. The Morgan fingerprint density at radius 3 is 2.91 bits per heavy atom. The van der Waals surface area contributed by atoms with Gasteiger partial charge in [0.25, 0.3) is 0 Å². The van der Waals surface area contributed by atoms with E-state index in [-0.39, 0.29) is 11.2 Å². The molecule has 4 heterocycles. The lowest BCUT2D eigenvalue weighted by atomic mass is 10.1. The van der Waals surface area contributed by atoms with Gasteiger partial charge in [-0.1, -0.05) is 0 Å². The van der Waals surface area contributed by atoms with E-state index in [0.717, 1.165) is 36.3 Å². The molecule has 3 aromatic rings. The third kappa shape index (κ3) is 1.93. The van der Waals surface area contributed by atoms with Crippen molar-refractivity contribution in [3.05, 3.63) is 24.3 Å². The second-order valence-corrected chi connectivity index (χ2v) is 8.52. The van der Waals surface area contributed by atoms with Crippen LogP contribution in [0.15, 0.2) is 18.5 Å². The average molecular weight is 332 g/mol. The summed E-state index contributed by atoms with van der Waals surface area (Å²) in [5.74, 6) is 0.888. The van der Waals surface area contributed by atoms with Crippen LogP contribution in [-0.2, 0) is 10.0 Å². The first kappa shape index (κ1) is 13.4. The number of fused-ring (bicyclic) bond motifs is 3. The van der Waals surface area contributed by atoms with Gasteiger partial charge in [0, 0.05) is 25.2 Å². The Morgan fingerprint density at radius 2 is 2.09 bits per heavy atom. The first-order valence-corrected chi connectivity index (χ1v) is 9.31. The van der Waals surface area contributed by atoms with Crippen LogP contribution in [0, 0.1) is 0 Å². The largest absolute Gasteiger partial charge is 0.345 e. The Bertz CT molecular complexity index is 1000. The molecule has 0 bridgehead atoms. The zero-order valence-corrected chi connectivity index (χ0v) is 13.2. The highest BCUT2D eigenvalue weighted by molar-refractivity contribution is 7.90. The quantitative estimate of drug-likeness (QED) is 0.768. The molecule has 1 aliphatic carbocycles. The highest BCUT2D eigenvalue weighted by Crippen LogP contribution is 2.36. The van der Waals surface area contributed by atoms with Gasteiger partial charge in [-0.25, -0.2) is 17.7 Å². The maximum atomic E-state index is 12.4. The molecule has 0 aromatic carbocycles. The van der Waals surface area contributed by atoms with Crippen molar-refractivity contribution in [3.63, 3.8) is 0 Å². The van der Waals surface area contributed by atoms with Gasteiger partial charge < -0.3 is 4.98 Å². The summed E-state index contributed by atoms with van der Waals surface area (Å²) in [4.78, 5) is 7.39. The second kappa shape index (κ2) is 4.51. The number of nitrogens with zero attached hydrogens (tertiary/aromatic N) is 5. The molecular weight excluding hydrogens is 316 g/mol. The molecule has 9 heteroatoms. The molecule has 3 aromatic heterocycles. The molecule has 0 amide bonds. The number of hydrogen-bond acceptors (Lipinski definition) is 5. The second-order valence-electron chi connectivity index (χ2n) is 6.31. The summed E-state index contributed by atoms with van der Waals surface area (Å²) in [5, 5.41) is 8.36. The van der Waals surface area contributed by atoms with Crippen LogP contribution < -0.4 is 0 Å². The highest BCUT2D eigenvalue weighted by Gasteiger charge is 2.43. The van der Waals surface area contributed by atoms with Crippen LogP contribution in [0.1, 0.15) is 31.0 Å². The molecule has 1 saturated heterocycles. The van der Waals surface area contributed by atoms with Crippen molar-refractivity contribution < 1.29 is 8.42 Å². The van der Waals surface area contributed by atoms with Crippen molar-refractivity contribution in [1.29, 1.82) is 0 Å². The lowest BCUT2D eigenvalue weighted by molar-refractivity contribution is 0.469. The number of aromatic amines is 1. The monoisotopic (exact) mass is 332 g/mol. The molecule has 0 radical (unpaired) electrons. The maximum absolute atomic E-state index is 12.4. The third-order valence-corrected chi connectivity index (χ3v) is 7.15. The molecule has 2 fully saturated rings. The molecule has 1 N–H and O–H groups in total. The van der Waals surface area contributed by atoms with Gasteiger partial charge in [-0.15, -0.1) is 10.2 Å². The van der Waals surface area contributed by atoms with Crippen LogP contribution in [0.25, 0.3) is 16.8 Å². The van der Waals surface area contributed by atoms with Gasteiger partial charge >= 0.3 is 0 Å². The van der Waals surface area contributed by atoms with Crippen LogP contribution in [0.3, 0.4) is 0 Å². The fourth-order valence-corrected chi connectivity index (χ4v) is 5.31. The minimum atomic E-state index is -3.12. The number of nitrogens with one attached hydrogen (secondary N) is 1. The molecule has 1 aliphatic heterocycles. The summed E-state index contributed by atoms with van der Waals surface area (Å²) >= 11 is 0. The summed E-state index contributed by atoms with van der Waals surface area (Å²) in [6.07, 6.45) is 5.89. The molecule has 2 aliphatic rings. The standard InChI is InChI=1S/C14H16N6O2S/c21-23(22,10-1-2-10)19-6-4-9(8-19)14-18-17-12-7-16-13-11(20(12)14)3-5-15-13/h3,5,7,9-10,15H,1-2,4,6,8H2/t9-/m0/s1. The lowest BCUT2D eigenvalue weighted by Crippen LogP contribution is -2.31. The molecular formula is C14H16N6O2S. The van der Waals surface area contributed by atoms with Gasteiger partial charge in [0.2, 0.25) is 10.0 Å². The molecule has 1 atom stereocenters. The van der Waals surface area contributed by atoms with E-state index in [1.807, 2.05) is 16.7 Å². The molecule has 0 spiro atoms. The molecule has 120 valence electrons. The van der Waals surface area contributed by atoms with Crippen molar-refractivity contribution >= 4 is 26.8 Å². The van der Waals surface area contributed by atoms with Crippen LogP contribution in [-0.4, -0.2) is 55.6 Å². The molecule has 5 rings (SSSR count). The lowest BCUT2D eigenvalue weighted by Gasteiger charge is -2.15. The highest BCUT2D eigenvalue weighted by atomic mass is 32.2. The first-order chi connectivity index (χ1) is 11.1. The molecule has 23 heavy (non-hydrogen) atoms.